The zero-order valence-corrected chi connectivity index (χ0v) is 31.9. The Balaban J connectivity index is 1.18. The molecular formula is C44H58N2O6. The van der Waals surface area contributed by atoms with E-state index in [0.717, 1.165) is 11.1 Å². The Labute approximate surface area is 311 Å². The molecule has 4 aromatic carbocycles. The maximum absolute atomic E-state index is 6.21. The highest BCUT2D eigenvalue weighted by atomic mass is 16.6. The van der Waals surface area contributed by atoms with Gasteiger partial charge in [-0.05, 0) is 57.3 Å². The Kier molecular flexibility index (Phi) is 14.4. The van der Waals surface area contributed by atoms with Gasteiger partial charge in [0.2, 0.25) is 0 Å². The molecule has 1 aliphatic heterocycles. The topological polar surface area (TPSA) is 79.4 Å². The van der Waals surface area contributed by atoms with E-state index >= 15 is 0 Å². The highest BCUT2D eigenvalue weighted by Crippen LogP contribution is 2.35. The largest absolute Gasteiger partial charge is 0.487 e. The van der Waals surface area contributed by atoms with E-state index in [-0.39, 0.29) is 22.9 Å². The van der Waals surface area contributed by atoms with Crippen LogP contribution in [0.1, 0.15) is 75.9 Å². The van der Waals surface area contributed by atoms with Gasteiger partial charge in [-0.1, -0.05) is 114 Å². The summed E-state index contributed by atoms with van der Waals surface area (Å²) in [5.41, 5.74) is 4.84. The quantitative estimate of drug-likeness (QED) is 0.188. The molecule has 280 valence electrons. The van der Waals surface area contributed by atoms with Crippen LogP contribution < -0.4 is 29.6 Å². The number of fused-ring (bicyclic) bond motifs is 2. The first-order chi connectivity index (χ1) is 25.1. The van der Waals surface area contributed by atoms with Crippen LogP contribution in [0.15, 0.2) is 97.1 Å². The van der Waals surface area contributed by atoms with Gasteiger partial charge in [0, 0.05) is 25.2 Å². The third kappa shape index (κ3) is 12.0. The van der Waals surface area contributed by atoms with E-state index in [4.69, 9.17) is 28.4 Å². The second kappa shape index (κ2) is 19.1. The molecule has 1 heterocycles. The molecule has 0 spiro atoms. The van der Waals surface area contributed by atoms with Crippen molar-refractivity contribution in [2.75, 3.05) is 52.9 Å². The van der Waals surface area contributed by atoms with Crippen LogP contribution in [0.5, 0.6) is 23.0 Å². The fraction of sp³-hybridized carbons (Fsp3) is 0.455. The summed E-state index contributed by atoms with van der Waals surface area (Å²) < 4.78 is 36.5. The van der Waals surface area contributed by atoms with Crippen molar-refractivity contribution in [1.82, 2.24) is 10.6 Å². The van der Waals surface area contributed by atoms with Gasteiger partial charge in [-0.25, -0.2) is 0 Å². The lowest BCUT2D eigenvalue weighted by molar-refractivity contribution is 0.0639. The number of nitrogens with one attached hydrogen (secondary N) is 2. The first-order valence-electron chi connectivity index (χ1n) is 18.6. The van der Waals surface area contributed by atoms with Crippen LogP contribution in [0.25, 0.3) is 0 Å². The summed E-state index contributed by atoms with van der Waals surface area (Å²) >= 11 is 0. The van der Waals surface area contributed by atoms with Crippen molar-refractivity contribution in [2.45, 2.75) is 66.7 Å². The fourth-order valence-corrected chi connectivity index (χ4v) is 6.41. The molecule has 5 rings (SSSR count). The predicted molar refractivity (Wildman–Crippen MR) is 207 cm³/mol. The van der Waals surface area contributed by atoms with Crippen LogP contribution in [0, 0.1) is 10.8 Å². The normalized spacial score (nSPS) is 16.3. The Morgan fingerprint density at radius 1 is 0.442 bits per heavy atom. The Bertz CT molecular complexity index is 1510. The van der Waals surface area contributed by atoms with Crippen LogP contribution in [0.3, 0.4) is 0 Å². The maximum Gasteiger partial charge on any atom is 0.161 e. The summed E-state index contributed by atoms with van der Waals surface area (Å²) in [5.74, 6) is 2.74. The fourth-order valence-electron chi connectivity index (χ4n) is 6.41. The highest BCUT2D eigenvalue weighted by molar-refractivity contribution is 5.44. The molecule has 0 unspecified atom stereocenters. The lowest BCUT2D eigenvalue weighted by Gasteiger charge is -2.32. The van der Waals surface area contributed by atoms with Crippen LogP contribution in [-0.2, 0) is 22.6 Å². The third-order valence-electron chi connectivity index (χ3n) is 8.98. The van der Waals surface area contributed by atoms with Crippen molar-refractivity contribution >= 4 is 0 Å². The minimum absolute atomic E-state index is 0.0392. The molecule has 0 saturated carbocycles. The molecule has 1 aliphatic rings. The first kappa shape index (κ1) is 39.1. The van der Waals surface area contributed by atoms with E-state index in [1.165, 1.54) is 11.1 Å². The molecule has 0 radical (unpaired) electrons. The summed E-state index contributed by atoms with van der Waals surface area (Å²) in [6.07, 6.45) is 0. The molecule has 52 heavy (non-hydrogen) atoms. The summed E-state index contributed by atoms with van der Waals surface area (Å²) in [5, 5.41) is 7.54. The number of rotatable bonds is 8. The van der Waals surface area contributed by atoms with Gasteiger partial charge >= 0.3 is 0 Å². The molecular weight excluding hydrogens is 652 g/mol. The number of ether oxygens (including phenoxy) is 6. The number of hydrogen-bond donors (Lipinski definition) is 2. The SMILES string of the molecule is CC(C)(C)[C@H](NCc1ccc2c(c1)OCCOCCOc1ccc(CN[C@@H](c3ccccc3)C(C)(C)C)cc1OCCOCCO2)c1ccccc1. The number of hydrogen-bond acceptors (Lipinski definition) is 8. The second-order valence-corrected chi connectivity index (χ2v) is 15.4. The van der Waals surface area contributed by atoms with Gasteiger partial charge in [0.25, 0.3) is 0 Å². The van der Waals surface area contributed by atoms with Gasteiger partial charge in [0.1, 0.15) is 26.4 Å². The van der Waals surface area contributed by atoms with E-state index in [0.29, 0.717) is 88.9 Å². The smallest absolute Gasteiger partial charge is 0.161 e. The molecule has 0 aliphatic carbocycles. The zero-order chi connectivity index (χ0) is 36.8. The molecule has 2 atom stereocenters. The molecule has 0 bridgehead atoms. The standard InChI is InChI=1S/C44H58N2O6/c1-43(2,3)41(35-13-9-7-10-14-35)45-31-33-17-19-37-39(29-33)51-27-23-47-22-26-50-38-20-18-34(30-40(38)52-28-24-48-21-25-49-37)32-46-42(44(4,5)6)36-15-11-8-12-16-36/h7-20,29-30,41-42,45-46H,21-28,31-32H2,1-6H3/t41-,42+. The number of benzene rings is 4. The van der Waals surface area contributed by atoms with Crippen molar-refractivity contribution in [3.63, 3.8) is 0 Å². The van der Waals surface area contributed by atoms with Crippen LogP contribution in [0.2, 0.25) is 0 Å². The summed E-state index contributed by atoms with van der Waals surface area (Å²) in [6.45, 7) is 18.1. The van der Waals surface area contributed by atoms with E-state index in [1.54, 1.807) is 0 Å². The predicted octanol–water partition coefficient (Wildman–Crippen LogP) is 8.70. The Hall–Kier alpha value is -4.08. The zero-order valence-electron chi connectivity index (χ0n) is 31.9. The van der Waals surface area contributed by atoms with E-state index in [2.05, 4.69) is 137 Å². The van der Waals surface area contributed by atoms with Crippen LogP contribution in [0.4, 0.5) is 0 Å². The van der Waals surface area contributed by atoms with Gasteiger partial charge in [-0.3, -0.25) is 0 Å². The second-order valence-electron chi connectivity index (χ2n) is 15.4. The Morgan fingerprint density at radius 2 is 0.788 bits per heavy atom. The molecule has 8 nitrogen and oxygen atoms in total. The lowest BCUT2D eigenvalue weighted by Crippen LogP contribution is -2.32. The van der Waals surface area contributed by atoms with Gasteiger partial charge in [0.05, 0.1) is 26.4 Å². The first-order valence-corrected chi connectivity index (χ1v) is 18.6. The van der Waals surface area contributed by atoms with Crippen LogP contribution in [-0.4, -0.2) is 52.9 Å². The van der Waals surface area contributed by atoms with Crippen molar-refractivity contribution in [3.05, 3.63) is 119 Å². The molecule has 0 saturated heterocycles. The molecule has 0 fully saturated rings. The van der Waals surface area contributed by atoms with Crippen molar-refractivity contribution < 1.29 is 28.4 Å². The minimum atomic E-state index is 0.0392. The average Bonchev–Trinajstić information content (AvgIpc) is 3.11. The molecule has 0 amide bonds. The summed E-state index contributed by atoms with van der Waals surface area (Å²) in [6, 6.07) is 33.8. The molecule has 0 aromatic heterocycles. The Morgan fingerprint density at radius 3 is 1.13 bits per heavy atom. The highest BCUT2D eigenvalue weighted by Gasteiger charge is 2.27. The minimum Gasteiger partial charge on any atom is -0.487 e. The third-order valence-corrected chi connectivity index (χ3v) is 8.98. The monoisotopic (exact) mass is 710 g/mol. The molecule has 2 N–H and O–H groups in total. The van der Waals surface area contributed by atoms with Gasteiger partial charge in [-0.2, -0.15) is 0 Å². The van der Waals surface area contributed by atoms with Gasteiger partial charge < -0.3 is 39.1 Å². The molecule has 4 aromatic rings. The van der Waals surface area contributed by atoms with Crippen molar-refractivity contribution in [1.29, 1.82) is 0 Å². The van der Waals surface area contributed by atoms with E-state index in [1.807, 2.05) is 12.1 Å². The summed E-state index contributed by atoms with van der Waals surface area (Å²) in [7, 11) is 0. The van der Waals surface area contributed by atoms with Crippen molar-refractivity contribution in [2.24, 2.45) is 10.8 Å². The maximum atomic E-state index is 6.21. The van der Waals surface area contributed by atoms with E-state index in [9.17, 15) is 0 Å². The average molecular weight is 711 g/mol. The molecule has 8 heteroatoms. The summed E-state index contributed by atoms with van der Waals surface area (Å²) in [4.78, 5) is 0. The van der Waals surface area contributed by atoms with Gasteiger partial charge in [0.15, 0.2) is 23.0 Å². The van der Waals surface area contributed by atoms with Gasteiger partial charge in [-0.15, -0.1) is 0 Å². The van der Waals surface area contributed by atoms with Crippen LogP contribution >= 0.6 is 0 Å². The lowest BCUT2D eigenvalue weighted by atomic mass is 9.82. The van der Waals surface area contributed by atoms with Crippen molar-refractivity contribution in [3.8, 4) is 23.0 Å². The van der Waals surface area contributed by atoms with E-state index < -0.39 is 0 Å².